The van der Waals surface area contributed by atoms with Gasteiger partial charge < -0.3 is 10.2 Å². The maximum Gasteiger partial charge on any atom is 0.222 e. The van der Waals surface area contributed by atoms with Crippen LogP contribution in [0.2, 0.25) is 0 Å². The minimum Gasteiger partial charge on any atom is -0.343 e. The molecule has 0 radical (unpaired) electrons. The van der Waals surface area contributed by atoms with Crippen molar-refractivity contribution in [1.82, 2.24) is 20.4 Å². The minimum absolute atomic E-state index is 0.327. The maximum absolute atomic E-state index is 11.8. The summed E-state index contributed by atoms with van der Waals surface area (Å²) in [5, 5.41) is 10.6. The Balaban J connectivity index is 1.64. The molecule has 1 aromatic rings. The highest BCUT2D eigenvalue weighted by atomic mass is 79.9. The first kappa shape index (κ1) is 15.5. The van der Waals surface area contributed by atoms with Gasteiger partial charge in [-0.25, -0.2) is 0 Å². The van der Waals surface area contributed by atoms with Crippen LogP contribution in [0.15, 0.2) is 4.47 Å². The summed E-state index contributed by atoms with van der Waals surface area (Å²) in [6.07, 6.45) is 5.12. The topological polar surface area (TPSA) is 61.0 Å². The van der Waals surface area contributed by atoms with Gasteiger partial charge in [0.25, 0.3) is 0 Å². The first-order valence-electron chi connectivity index (χ1n) is 7.36. The molecule has 0 saturated carbocycles. The van der Waals surface area contributed by atoms with Gasteiger partial charge in [-0.05, 0) is 48.7 Å². The van der Waals surface area contributed by atoms with Crippen LogP contribution in [-0.4, -0.2) is 40.6 Å². The fourth-order valence-electron chi connectivity index (χ4n) is 2.46. The lowest BCUT2D eigenvalue weighted by Crippen LogP contribution is -2.32. The summed E-state index contributed by atoms with van der Waals surface area (Å²) in [5.74, 6) is 0.327. The van der Waals surface area contributed by atoms with Crippen LogP contribution in [0.25, 0.3) is 0 Å². The number of aromatic amines is 1. The number of amides is 1. The van der Waals surface area contributed by atoms with Gasteiger partial charge in [-0.15, -0.1) is 0 Å². The van der Waals surface area contributed by atoms with Crippen molar-refractivity contribution in [2.45, 2.75) is 45.6 Å². The van der Waals surface area contributed by atoms with Crippen molar-refractivity contribution in [1.29, 1.82) is 0 Å². The molecule has 1 saturated heterocycles. The van der Waals surface area contributed by atoms with Gasteiger partial charge in [0.15, 0.2) is 0 Å². The lowest BCUT2D eigenvalue weighted by molar-refractivity contribution is -0.130. The Morgan fingerprint density at radius 3 is 3.00 bits per heavy atom. The fourth-order valence-corrected chi connectivity index (χ4v) is 2.78. The highest BCUT2D eigenvalue weighted by Gasteiger charge is 2.15. The molecule has 1 aliphatic heterocycles. The van der Waals surface area contributed by atoms with Crippen molar-refractivity contribution in [3.63, 3.8) is 0 Å². The Bertz CT molecular complexity index is 446. The summed E-state index contributed by atoms with van der Waals surface area (Å²) in [6.45, 7) is 5.45. The molecule has 2 rings (SSSR count). The highest BCUT2D eigenvalue weighted by Crippen LogP contribution is 2.17. The molecule has 0 bridgehead atoms. The second-order valence-corrected chi connectivity index (χ2v) is 6.12. The number of nitrogens with zero attached hydrogens (tertiary/aromatic N) is 2. The Labute approximate surface area is 128 Å². The second kappa shape index (κ2) is 7.78. The smallest absolute Gasteiger partial charge is 0.222 e. The van der Waals surface area contributed by atoms with Gasteiger partial charge in [-0.3, -0.25) is 9.89 Å². The molecule has 1 aromatic heterocycles. The first-order valence-corrected chi connectivity index (χ1v) is 8.15. The van der Waals surface area contributed by atoms with Gasteiger partial charge in [-0.2, -0.15) is 5.10 Å². The summed E-state index contributed by atoms with van der Waals surface area (Å²) in [6, 6.07) is 0. The van der Waals surface area contributed by atoms with Crippen molar-refractivity contribution >= 4 is 21.8 Å². The molecule has 2 heterocycles. The minimum atomic E-state index is 0.327. The van der Waals surface area contributed by atoms with Gasteiger partial charge in [0.2, 0.25) is 5.91 Å². The number of aromatic nitrogens is 2. The standard InChI is InChI=1S/C14H23BrN4O/c1-11-14(15)12(18-17-11)10-16-7-5-9-19-8-4-2-3-6-13(19)20/h16H,2-10H2,1H3,(H,17,18). The monoisotopic (exact) mass is 342 g/mol. The molecule has 112 valence electrons. The largest absolute Gasteiger partial charge is 0.343 e. The summed E-state index contributed by atoms with van der Waals surface area (Å²) in [5.41, 5.74) is 2.06. The van der Waals surface area contributed by atoms with Crippen LogP contribution in [0.5, 0.6) is 0 Å². The number of carbonyl (C=O) groups excluding carboxylic acids is 1. The molecule has 1 fully saturated rings. The molecule has 20 heavy (non-hydrogen) atoms. The third-order valence-corrected chi connectivity index (χ3v) is 4.74. The Morgan fingerprint density at radius 2 is 2.25 bits per heavy atom. The van der Waals surface area contributed by atoms with E-state index in [4.69, 9.17) is 0 Å². The van der Waals surface area contributed by atoms with Crippen molar-refractivity contribution in [2.75, 3.05) is 19.6 Å². The zero-order valence-electron chi connectivity index (χ0n) is 12.0. The molecule has 5 nitrogen and oxygen atoms in total. The van der Waals surface area contributed by atoms with E-state index >= 15 is 0 Å². The number of carbonyl (C=O) groups is 1. The zero-order valence-corrected chi connectivity index (χ0v) is 13.6. The van der Waals surface area contributed by atoms with E-state index in [1.54, 1.807) is 0 Å². The van der Waals surface area contributed by atoms with Gasteiger partial charge in [0, 0.05) is 31.7 Å². The number of halogens is 1. The maximum atomic E-state index is 11.8. The summed E-state index contributed by atoms with van der Waals surface area (Å²) in [4.78, 5) is 13.8. The number of likely N-dealkylation sites (tertiary alicyclic amines) is 1. The molecule has 0 atom stereocenters. The first-order chi connectivity index (χ1) is 9.68. The van der Waals surface area contributed by atoms with E-state index in [0.29, 0.717) is 5.91 Å². The van der Waals surface area contributed by atoms with Gasteiger partial charge in [0.05, 0.1) is 10.2 Å². The van der Waals surface area contributed by atoms with Gasteiger partial charge in [0.1, 0.15) is 0 Å². The number of rotatable bonds is 6. The van der Waals surface area contributed by atoms with Gasteiger partial charge in [-0.1, -0.05) is 6.42 Å². The summed E-state index contributed by atoms with van der Waals surface area (Å²) >= 11 is 3.51. The summed E-state index contributed by atoms with van der Waals surface area (Å²) in [7, 11) is 0. The fraction of sp³-hybridized carbons (Fsp3) is 0.714. The molecule has 2 N–H and O–H groups in total. The van der Waals surface area contributed by atoms with Crippen LogP contribution in [0.3, 0.4) is 0 Å². The molecule has 0 unspecified atom stereocenters. The number of hydrogen-bond donors (Lipinski definition) is 2. The third kappa shape index (κ3) is 4.31. The van der Waals surface area contributed by atoms with Crippen LogP contribution >= 0.6 is 15.9 Å². The number of H-pyrrole nitrogens is 1. The van der Waals surface area contributed by atoms with Crippen LogP contribution < -0.4 is 5.32 Å². The Kier molecular flexibility index (Phi) is 6.04. The molecule has 6 heteroatoms. The van der Waals surface area contributed by atoms with E-state index < -0.39 is 0 Å². The number of aryl methyl sites for hydroxylation is 1. The average molecular weight is 343 g/mol. The summed E-state index contributed by atoms with van der Waals surface area (Å²) < 4.78 is 1.05. The van der Waals surface area contributed by atoms with Crippen LogP contribution in [0, 0.1) is 6.92 Å². The van der Waals surface area contributed by atoms with Crippen LogP contribution in [-0.2, 0) is 11.3 Å². The van der Waals surface area contributed by atoms with E-state index in [-0.39, 0.29) is 0 Å². The zero-order chi connectivity index (χ0) is 14.4. The SMILES string of the molecule is Cc1[nH]nc(CNCCCN2CCCCCC2=O)c1Br. The lowest BCUT2D eigenvalue weighted by atomic mass is 10.2. The van der Waals surface area contributed by atoms with Crippen LogP contribution in [0.1, 0.15) is 43.5 Å². The Morgan fingerprint density at radius 1 is 1.40 bits per heavy atom. The molecule has 0 aromatic carbocycles. The predicted octanol–water partition coefficient (Wildman–Crippen LogP) is 2.36. The lowest BCUT2D eigenvalue weighted by Gasteiger charge is -2.20. The molecule has 0 aliphatic carbocycles. The van der Waals surface area contributed by atoms with E-state index in [1.165, 1.54) is 6.42 Å². The van der Waals surface area contributed by atoms with Crippen molar-refractivity contribution in [3.8, 4) is 0 Å². The van der Waals surface area contributed by atoms with Crippen molar-refractivity contribution in [3.05, 3.63) is 15.9 Å². The second-order valence-electron chi connectivity index (χ2n) is 5.33. The number of hydrogen-bond acceptors (Lipinski definition) is 3. The van der Waals surface area contributed by atoms with E-state index in [0.717, 1.165) is 67.7 Å². The molecule has 0 spiro atoms. The number of nitrogens with one attached hydrogen (secondary N) is 2. The van der Waals surface area contributed by atoms with E-state index in [1.807, 2.05) is 11.8 Å². The third-order valence-electron chi connectivity index (χ3n) is 3.69. The van der Waals surface area contributed by atoms with Crippen molar-refractivity contribution in [2.24, 2.45) is 0 Å². The molecule has 1 aliphatic rings. The average Bonchev–Trinajstić information content (AvgIpc) is 2.64. The molecular formula is C14H23BrN4O. The van der Waals surface area contributed by atoms with E-state index in [2.05, 4.69) is 31.4 Å². The molecular weight excluding hydrogens is 320 g/mol. The Hall–Kier alpha value is -0.880. The highest BCUT2D eigenvalue weighted by molar-refractivity contribution is 9.10. The van der Waals surface area contributed by atoms with E-state index in [9.17, 15) is 4.79 Å². The van der Waals surface area contributed by atoms with Crippen molar-refractivity contribution < 1.29 is 4.79 Å². The van der Waals surface area contributed by atoms with Gasteiger partial charge >= 0.3 is 0 Å². The molecule has 1 amide bonds. The predicted molar refractivity (Wildman–Crippen MR) is 82.4 cm³/mol. The quantitative estimate of drug-likeness (QED) is 0.780. The van der Waals surface area contributed by atoms with Crippen LogP contribution in [0.4, 0.5) is 0 Å². The normalized spacial score (nSPS) is 16.5.